The summed E-state index contributed by atoms with van der Waals surface area (Å²) in [5.41, 5.74) is -0.152. The average molecular weight is 519 g/mol. The lowest BCUT2D eigenvalue weighted by atomic mass is 10.1. The van der Waals surface area contributed by atoms with Gasteiger partial charge in [-0.15, -0.1) is 0 Å². The molecule has 1 aromatic heterocycles. The number of hydrogen-bond donors (Lipinski definition) is 1. The Morgan fingerprint density at radius 2 is 1.81 bits per heavy atom. The zero-order valence-corrected chi connectivity index (χ0v) is 19.8. The SMILES string of the molecule is COC[C@@H](c1ccccc1)n1c(CC2CC2)nc(=O)c(S(=O)(=O)c2ccc(Br)cc2)c1O. The number of halogens is 1. The molecule has 0 amide bonds. The van der Waals surface area contributed by atoms with Crippen molar-refractivity contribution in [2.75, 3.05) is 13.7 Å². The fraction of sp³-hybridized carbons (Fsp3) is 0.304. The van der Waals surface area contributed by atoms with Crippen molar-refractivity contribution in [1.29, 1.82) is 0 Å². The van der Waals surface area contributed by atoms with Gasteiger partial charge in [-0.1, -0.05) is 46.3 Å². The van der Waals surface area contributed by atoms with E-state index in [1.54, 1.807) is 12.1 Å². The Hall–Kier alpha value is -2.49. The number of benzene rings is 2. The lowest BCUT2D eigenvalue weighted by Gasteiger charge is -2.25. The highest BCUT2D eigenvalue weighted by Gasteiger charge is 2.34. The van der Waals surface area contributed by atoms with Crippen LogP contribution >= 0.6 is 15.9 Å². The Morgan fingerprint density at radius 3 is 2.41 bits per heavy atom. The van der Waals surface area contributed by atoms with Crippen LogP contribution in [0.2, 0.25) is 0 Å². The van der Waals surface area contributed by atoms with Crippen LogP contribution in [0.25, 0.3) is 0 Å². The van der Waals surface area contributed by atoms with Crippen LogP contribution in [0.1, 0.15) is 30.3 Å². The lowest BCUT2D eigenvalue weighted by Crippen LogP contribution is -2.29. The van der Waals surface area contributed by atoms with E-state index in [1.165, 1.54) is 23.8 Å². The minimum Gasteiger partial charge on any atom is -0.493 e. The minimum atomic E-state index is -4.31. The molecule has 3 aromatic rings. The van der Waals surface area contributed by atoms with Crippen LogP contribution in [0.15, 0.2) is 73.7 Å². The van der Waals surface area contributed by atoms with E-state index in [0.29, 0.717) is 22.6 Å². The molecule has 9 heteroatoms. The van der Waals surface area contributed by atoms with Crippen molar-refractivity contribution in [2.24, 2.45) is 5.92 Å². The van der Waals surface area contributed by atoms with Gasteiger partial charge in [0, 0.05) is 18.0 Å². The maximum Gasteiger partial charge on any atom is 0.296 e. The van der Waals surface area contributed by atoms with Crippen LogP contribution in [0.4, 0.5) is 0 Å². The van der Waals surface area contributed by atoms with E-state index in [0.717, 1.165) is 18.4 Å². The second-order valence-electron chi connectivity index (χ2n) is 7.84. The van der Waals surface area contributed by atoms with E-state index < -0.39 is 32.2 Å². The summed E-state index contributed by atoms with van der Waals surface area (Å²) in [5.74, 6) is 0.102. The Kier molecular flexibility index (Phi) is 6.50. The molecule has 4 rings (SSSR count). The van der Waals surface area contributed by atoms with Gasteiger partial charge in [-0.2, -0.15) is 4.98 Å². The van der Waals surface area contributed by atoms with Gasteiger partial charge < -0.3 is 9.84 Å². The van der Waals surface area contributed by atoms with Crippen molar-refractivity contribution in [2.45, 2.75) is 35.1 Å². The Balaban J connectivity index is 1.95. The highest BCUT2D eigenvalue weighted by Crippen LogP contribution is 2.36. The van der Waals surface area contributed by atoms with Gasteiger partial charge in [-0.3, -0.25) is 9.36 Å². The number of hydrogen-bond acceptors (Lipinski definition) is 6. The van der Waals surface area contributed by atoms with Crippen molar-refractivity contribution < 1.29 is 18.3 Å². The minimum absolute atomic E-state index is 0.0978. The zero-order valence-electron chi connectivity index (χ0n) is 17.4. The third-order valence-electron chi connectivity index (χ3n) is 5.52. The monoisotopic (exact) mass is 518 g/mol. The van der Waals surface area contributed by atoms with Crippen LogP contribution in [0, 0.1) is 5.92 Å². The fourth-order valence-electron chi connectivity index (χ4n) is 3.72. The first kappa shape index (κ1) is 22.7. The highest BCUT2D eigenvalue weighted by molar-refractivity contribution is 9.10. The number of aromatic hydroxyl groups is 1. The maximum absolute atomic E-state index is 13.3. The predicted molar refractivity (Wildman–Crippen MR) is 123 cm³/mol. The van der Waals surface area contributed by atoms with Crippen LogP contribution in [-0.2, 0) is 21.0 Å². The quantitative estimate of drug-likeness (QED) is 0.487. The highest BCUT2D eigenvalue weighted by atomic mass is 79.9. The smallest absolute Gasteiger partial charge is 0.296 e. The van der Waals surface area contributed by atoms with Crippen molar-refractivity contribution in [3.8, 4) is 5.88 Å². The molecule has 32 heavy (non-hydrogen) atoms. The molecule has 0 bridgehead atoms. The Labute approximate surface area is 194 Å². The van der Waals surface area contributed by atoms with Crippen molar-refractivity contribution in [1.82, 2.24) is 9.55 Å². The summed E-state index contributed by atoms with van der Waals surface area (Å²) in [5, 5.41) is 11.3. The van der Waals surface area contributed by atoms with Gasteiger partial charge in [0.1, 0.15) is 5.82 Å². The van der Waals surface area contributed by atoms with Gasteiger partial charge >= 0.3 is 0 Å². The van der Waals surface area contributed by atoms with Crippen molar-refractivity contribution >= 4 is 25.8 Å². The first-order chi connectivity index (χ1) is 15.3. The summed E-state index contributed by atoms with van der Waals surface area (Å²) >= 11 is 3.27. The molecule has 1 aliphatic carbocycles. The molecule has 0 unspecified atom stereocenters. The van der Waals surface area contributed by atoms with Crippen LogP contribution in [-0.4, -0.2) is 36.8 Å². The van der Waals surface area contributed by atoms with Crippen LogP contribution in [0.5, 0.6) is 5.88 Å². The van der Waals surface area contributed by atoms with E-state index in [9.17, 15) is 18.3 Å². The molecule has 0 spiro atoms. The number of methoxy groups -OCH3 is 1. The summed E-state index contributed by atoms with van der Waals surface area (Å²) < 4.78 is 34.2. The molecule has 1 saturated carbocycles. The Bertz CT molecular complexity index is 1270. The van der Waals surface area contributed by atoms with Gasteiger partial charge in [0.05, 0.1) is 17.5 Å². The summed E-state index contributed by atoms with van der Waals surface area (Å²) in [6.07, 6.45) is 2.50. The van der Waals surface area contributed by atoms with Gasteiger partial charge in [0.25, 0.3) is 5.56 Å². The molecule has 7 nitrogen and oxygen atoms in total. The molecule has 1 heterocycles. The molecular weight excluding hydrogens is 496 g/mol. The van der Waals surface area contributed by atoms with Crippen molar-refractivity contribution in [3.05, 3.63) is 80.8 Å². The molecule has 1 atom stereocenters. The largest absolute Gasteiger partial charge is 0.493 e. The van der Waals surface area contributed by atoms with E-state index in [4.69, 9.17) is 4.74 Å². The predicted octanol–water partition coefficient (Wildman–Crippen LogP) is 3.73. The molecule has 1 fully saturated rings. The summed E-state index contributed by atoms with van der Waals surface area (Å²) in [6.45, 7) is 0.164. The summed E-state index contributed by atoms with van der Waals surface area (Å²) in [6, 6.07) is 14.6. The molecule has 2 aromatic carbocycles. The zero-order chi connectivity index (χ0) is 22.9. The van der Waals surface area contributed by atoms with E-state index in [1.807, 2.05) is 30.3 Å². The standard InChI is InChI=1S/C23H23BrN2O5S/c1-31-14-19(16-5-3-2-4-6-16)26-20(13-15-7-8-15)25-22(27)21(23(26)28)32(29,30)18-11-9-17(24)10-12-18/h2-6,9-12,15,19,28H,7-8,13-14H2,1H3/t19-/m0/s1. The normalized spacial score (nSPS) is 14.9. The Morgan fingerprint density at radius 1 is 1.16 bits per heavy atom. The van der Waals surface area contributed by atoms with Gasteiger partial charge in [0.15, 0.2) is 4.90 Å². The third kappa shape index (κ3) is 4.51. The summed E-state index contributed by atoms with van der Waals surface area (Å²) in [4.78, 5) is 16.2. The van der Waals surface area contributed by atoms with E-state index in [2.05, 4.69) is 20.9 Å². The van der Waals surface area contributed by atoms with Crippen molar-refractivity contribution in [3.63, 3.8) is 0 Å². The fourth-order valence-corrected chi connectivity index (χ4v) is 5.33. The van der Waals surface area contributed by atoms with Crippen LogP contribution in [0.3, 0.4) is 0 Å². The van der Waals surface area contributed by atoms with E-state index in [-0.39, 0.29) is 11.5 Å². The van der Waals surface area contributed by atoms with Gasteiger partial charge in [0.2, 0.25) is 15.7 Å². The molecule has 0 radical (unpaired) electrons. The number of nitrogens with zero attached hydrogens (tertiary/aromatic N) is 2. The summed E-state index contributed by atoms with van der Waals surface area (Å²) in [7, 11) is -2.78. The average Bonchev–Trinajstić information content (AvgIpc) is 3.57. The second-order valence-corrected chi connectivity index (χ2v) is 10.6. The first-order valence-electron chi connectivity index (χ1n) is 10.2. The second kappa shape index (κ2) is 9.17. The molecule has 1 aliphatic rings. The molecule has 1 N–H and O–H groups in total. The molecular formula is C23H23BrN2O5S. The molecule has 0 aliphatic heterocycles. The third-order valence-corrected chi connectivity index (χ3v) is 7.83. The van der Waals surface area contributed by atoms with E-state index >= 15 is 0 Å². The van der Waals surface area contributed by atoms with Crippen LogP contribution < -0.4 is 5.56 Å². The topological polar surface area (TPSA) is 98.5 Å². The maximum atomic E-state index is 13.3. The lowest BCUT2D eigenvalue weighted by molar-refractivity contribution is 0.161. The first-order valence-corrected chi connectivity index (χ1v) is 12.5. The number of aromatic nitrogens is 2. The number of sulfone groups is 1. The van der Waals surface area contributed by atoms with Gasteiger partial charge in [-0.25, -0.2) is 8.42 Å². The number of rotatable bonds is 8. The molecule has 168 valence electrons. The number of ether oxygens (including phenoxy) is 1. The van der Waals surface area contributed by atoms with Gasteiger partial charge in [-0.05, 0) is 48.6 Å². The molecule has 0 saturated heterocycles.